The predicted molar refractivity (Wildman–Crippen MR) is 79.7 cm³/mol. The molecule has 0 amide bonds. The van der Waals surface area contributed by atoms with E-state index in [0.717, 1.165) is 12.8 Å². The summed E-state index contributed by atoms with van der Waals surface area (Å²) in [5.41, 5.74) is 0. The Bertz CT molecular complexity index is 287. The summed E-state index contributed by atoms with van der Waals surface area (Å²) in [6.07, 6.45) is 9.10. The van der Waals surface area contributed by atoms with Gasteiger partial charge in [0, 0.05) is 12.6 Å². The van der Waals surface area contributed by atoms with Gasteiger partial charge in [0.2, 0.25) is 0 Å². The van der Waals surface area contributed by atoms with Crippen molar-refractivity contribution in [3.05, 3.63) is 0 Å². The Balaban J connectivity index is 3.26. The van der Waals surface area contributed by atoms with Crippen LogP contribution in [-0.2, 0) is 14.1 Å². The van der Waals surface area contributed by atoms with E-state index in [-0.39, 0.29) is 12.1 Å². The van der Waals surface area contributed by atoms with E-state index in [2.05, 4.69) is 6.92 Å². The molecule has 5 nitrogen and oxygen atoms in total. The molecule has 0 saturated carbocycles. The third-order valence-corrected chi connectivity index (χ3v) is 3.99. The van der Waals surface area contributed by atoms with Crippen molar-refractivity contribution in [1.29, 1.82) is 0 Å². The normalized spacial score (nSPS) is 11.6. The molecule has 0 aromatic heterocycles. The van der Waals surface area contributed by atoms with E-state index in [1.807, 2.05) is 0 Å². The first-order chi connectivity index (χ1) is 9.45. The molecule has 0 spiro atoms. The van der Waals surface area contributed by atoms with Gasteiger partial charge in [-0.1, -0.05) is 39.0 Å². The maximum Gasteiger partial charge on any atom is 0.325 e. The minimum Gasteiger partial charge on any atom is -0.466 e. The van der Waals surface area contributed by atoms with Gasteiger partial charge in [0.15, 0.2) is 0 Å². The Morgan fingerprint density at radius 2 is 1.55 bits per heavy atom. The molecular weight excluding hydrogens is 279 g/mol. The van der Waals surface area contributed by atoms with Crippen LogP contribution in [0, 0.1) is 0 Å². The van der Waals surface area contributed by atoms with Gasteiger partial charge >= 0.3 is 13.6 Å². The summed E-state index contributed by atoms with van der Waals surface area (Å²) in [6, 6.07) is 0. The summed E-state index contributed by atoms with van der Waals surface area (Å²) >= 11 is 0. The lowest BCUT2D eigenvalue weighted by Crippen LogP contribution is -2.05. The van der Waals surface area contributed by atoms with Crippen LogP contribution in [0.3, 0.4) is 0 Å². The number of ether oxygens (including phenoxy) is 1. The lowest BCUT2D eigenvalue weighted by Gasteiger charge is -2.06. The number of carbonyl (C=O) groups excluding carboxylic acids is 1. The summed E-state index contributed by atoms with van der Waals surface area (Å²) in [5.74, 6) is -0.157. The van der Waals surface area contributed by atoms with Crippen molar-refractivity contribution in [3.8, 4) is 0 Å². The van der Waals surface area contributed by atoms with E-state index in [1.165, 1.54) is 25.7 Å². The number of carbonyl (C=O) groups is 1. The number of hydrogen-bond acceptors (Lipinski definition) is 3. The molecule has 0 atom stereocenters. The van der Waals surface area contributed by atoms with Crippen LogP contribution in [0.25, 0.3) is 0 Å². The van der Waals surface area contributed by atoms with Gasteiger partial charge in [-0.15, -0.1) is 0 Å². The average molecular weight is 308 g/mol. The molecule has 0 bridgehead atoms. The summed E-state index contributed by atoms with van der Waals surface area (Å²) in [7, 11) is -3.87. The van der Waals surface area contributed by atoms with Gasteiger partial charge in [-0.2, -0.15) is 0 Å². The fourth-order valence-corrected chi connectivity index (χ4v) is 2.54. The van der Waals surface area contributed by atoms with Crippen LogP contribution in [0.4, 0.5) is 0 Å². The van der Waals surface area contributed by atoms with E-state index in [9.17, 15) is 9.36 Å². The van der Waals surface area contributed by atoms with Gasteiger partial charge in [0.25, 0.3) is 0 Å². The molecule has 0 radical (unpaired) electrons. The molecule has 0 saturated heterocycles. The summed E-state index contributed by atoms with van der Waals surface area (Å²) < 4.78 is 15.7. The SMILES string of the molecule is CCCCCCCCC(=O)OCCCCCP(=O)(O)O. The Labute approximate surface area is 122 Å². The monoisotopic (exact) mass is 308 g/mol. The molecule has 0 heterocycles. The van der Waals surface area contributed by atoms with E-state index in [0.29, 0.717) is 32.3 Å². The quantitative estimate of drug-likeness (QED) is 0.308. The zero-order valence-corrected chi connectivity index (χ0v) is 13.4. The third kappa shape index (κ3) is 15.7. The number of hydrogen-bond donors (Lipinski definition) is 2. The van der Waals surface area contributed by atoms with Gasteiger partial charge < -0.3 is 14.5 Å². The van der Waals surface area contributed by atoms with Crippen LogP contribution in [0.5, 0.6) is 0 Å². The van der Waals surface area contributed by atoms with E-state index < -0.39 is 7.60 Å². The smallest absolute Gasteiger partial charge is 0.325 e. The molecule has 0 aliphatic rings. The molecule has 0 aromatic carbocycles. The molecular formula is C14H29O5P. The second-order valence-electron chi connectivity index (χ2n) is 5.19. The van der Waals surface area contributed by atoms with Gasteiger partial charge in [0.05, 0.1) is 6.61 Å². The second-order valence-corrected chi connectivity index (χ2v) is 6.96. The molecule has 0 aliphatic carbocycles. The Morgan fingerprint density at radius 1 is 0.950 bits per heavy atom. The fourth-order valence-electron chi connectivity index (χ4n) is 1.90. The molecule has 0 fully saturated rings. The third-order valence-electron chi connectivity index (χ3n) is 3.09. The second kappa shape index (κ2) is 12.4. The Morgan fingerprint density at radius 3 is 2.20 bits per heavy atom. The molecule has 0 aliphatic heterocycles. The van der Waals surface area contributed by atoms with Crippen LogP contribution >= 0.6 is 7.60 Å². The van der Waals surface area contributed by atoms with Crippen molar-refractivity contribution in [2.45, 2.75) is 71.1 Å². The first kappa shape index (κ1) is 19.6. The molecule has 20 heavy (non-hydrogen) atoms. The lowest BCUT2D eigenvalue weighted by molar-refractivity contribution is -0.143. The summed E-state index contributed by atoms with van der Waals surface area (Å²) in [5, 5.41) is 0. The highest BCUT2D eigenvalue weighted by Gasteiger charge is 2.11. The first-order valence-corrected chi connectivity index (χ1v) is 9.45. The zero-order chi connectivity index (χ0) is 15.3. The molecule has 0 unspecified atom stereocenters. The standard InChI is InChI=1S/C14H29O5P/c1-2-3-4-5-6-8-11-14(15)19-12-9-7-10-13-20(16,17)18/h2-13H2,1H3,(H2,16,17,18). The minimum absolute atomic E-state index is 0.0846. The van der Waals surface area contributed by atoms with Crippen molar-refractivity contribution in [3.63, 3.8) is 0 Å². The molecule has 2 N–H and O–H groups in total. The zero-order valence-electron chi connectivity index (χ0n) is 12.6. The van der Waals surface area contributed by atoms with Crippen LogP contribution in [-0.4, -0.2) is 28.5 Å². The maximum absolute atomic E-state index is 11.4. The molecule has 120 valence electrons. The minimum atomic E-state index is -3.87. The summed E-state index contributed by atoms with van der Waals surface area (Å²) in [4.78, 5) is 28.7. The lowest BCUT2D eigenvalue weighted by atomic mass is 10.1. The van der Waals surface area contributed by atoms with Crippen molar-refractivity contribution in [2.75, 3.05) is 12.8 Å². The largest absolute Gasteiger partial charge is 0.466 e. The van der Waals surface area contributed by atoms with E-state index >= 15 is 0 Å². The van der Waals surface area contributed by atoms with Crippen LogP contribution in [0.15, 0.2) is 0 Å². The molecule has 6 heteroatoms. The van der Waals surface area contributed by atoms with Gasteiger partial charge in [-0.3, -0.25) is 9.36 Å². The van der Waals surface area contributed by atoms with Gasteiger partial charge in [-0.05, 0) is 25.7 Å². The fraction of sp³-hybridized carbons (Fsp3) is 0.929. The van der Waals surface area contributed by atoms with Crippen molar-refractivity contribution >= 4 is 13.6 Å². The molecule has 0 rings (SSSR count). The van der Waals surface area contributed by atoms with Crippen LogP contribution in [0.1, 0.15) is 71.1 Å². The Hall–Kier alpha value is -0.380. The highest BCUT2D eigenvalue weighted by molar-refractivity contribution is 7.51. The van der Waals surface area contributed by atoms with Gasteiger partial charge in [0.1, 0.15) is 0 Å². The van der Waals surface area contributed by atoms with Crippen molar-refractivity contribution < 1.29 is 23.9 Å². The van der Waals surface area contributed by atoms with Gasteiger partial charge in [-0.25, -0.2) is 0 Å². The number of esters is 1. The first-order valence-electron chi connectivity index (χ1n) is 7.66. The predicted octanol–water partition coefficient (Wildman–Crippen LogP) is 3.63. The number of unbranched alkanes of at least 4 members (excludes halogenated alkanes) is 7. The topological polar surface area (TPSA) is 83.8 Å². The van der Waals surface area contributed by atoms with Crippen LogP contribution in [0.2, 0.25) is 0 Å². The van der Waals surface area contributed by atoms with Crippen LogP contribution < -0.4 is 0 Å². The average Bonchev–Trinajstić information content (AvgIpc) is 2.36. The highest BCUT2D eigenvalue weighted by atomic mass is 31.2. The van der Waals surface area contributed by atoms with E-state index in [1.54, 1.807) is 0 Å². The van der Waals surface area contributed by atoms with Crippen molar-refractivity contribution in [2.24, 2.45) is 0 Å². The number of rotatable bonds is 13. The summed E-state index contributed by atoms with van der Waals surface area (Å²) in [6.45, 7) is 2.53. The van der Waals surface area contributed by atoms with E-state index in [4.69, 9.17) is 14.5 Å². The highest BCUT2D eigenvalue weighted by Crippen LogP contribution is 2.35. The molecule has 0 aromatic rings. The Kier molecular flexibility index (Phi) is 12.1. The van der Waals surface area contributed by atoms with Crippen molar-refractivity contribution in [1.82, 2.24) is 0 Å². The maximum atomic E-state index is 11.4.